The number of hydrogen-bond acceptors (Lipinski definition) is 4. The quantitative estimate of drug-likeness (QED) is 0.616. The third-order valence-corrected chi connectivity index (χ3v) is 5.01. The molecule has 3 atom stereocenters. The van der Waals surface area contributed by atoms with Crippen molar-refractivity contribution in [1.82, 2.24) is 15.6 Å². The molecule has 3 heterocycles. The molecule has 3 rings (SSSR count). The van der Waals surface area contributed by atoms with Crippen molar-refractivity contribution < 1.29 is 4.74 Å². The molecule has 3 unspecified atom stereocenters. The summed E-state index contributed by atoms with van der Waals surface area (Å²) in [6.07, 6.45) is 6.20. The Kier molecular flexibility index (Phi) is 5.56. The maximum atomic E-state index is 5.89. The average Bonchev–Trinajstić information content (AvgIpc) is 3.23. The maximum absolute atomic E-state index is 5.89. The van der Waals surface area contributed by atoms with Crippen LogP contribution in [-0.4, -0.2) is 49.3 Å². The predicted molar refractivity (Wildman–Crippen MR) is 97.4 cm³/mol. The number of fused-ring (bicyclic) bond motifs is 2. The van der Waals surface area contributed by atoms with Gasteiger partial charge in [0, 0.05) is 32.9 Å². The molecule has 2 aliphatic rings. The zero-order valence-electron chi connectivity index (χ0n) is 15.0. The van der Waals surface area contributed by atoms with E-state index in [4.69, 9.17) is 4.74 Å². The number of aromatic nitrogens is 1. The summed E-state index contributed by atoms with van der Waals surface area (Å²) < 4.78 is 5.89. The molecular weight excluding hydrogens is 302 g/mol. The topological polar surface area (TPSA) is 61.8 Å². The SMILES string of the molecule is CCN(CC)c1ccc(CNC(=NC)NC2CC3CCC2O3)cn1. The minimum absolute atomic E-state index is 0.351. The third kappa shape index (κ3) is 3.80. The molecule has 2 saturated heterocycles. The second-order valence-electron chi connectivity index (χ2n) is 6.48. The first kappa shape index (κ1) is 17.0. The van der Waals surface area contributed by atoms with E-state index in [-0.39, 0.29) is 0 Å². The van der Waals surface area contributed by atoms with E-state index < -0.39 is 0 Å². The average molecular weight is 331 g/mol. The second-order valence-corrected chi connectivity index (χ2v) is 6.48. The van der Waals surface area contributed by atoms with Gasteiger partial charge in [-0.15, -0.1) is 0 Å². The summed E-state index contributed by atoms with van der Waals surface area (Å²) in [6.45, 7) is 6.96. The molecule has 0 saturated carbocycles. The van der Waals surface area contributed by atoms with Gasteiger partial charge in [0.1, 0.15) is 5.82 Å². The van der Waals surface area contributed by atoms with E-state index in [0.29, 0.717) is 24.8 Å². The van der Waals surface area contributed by atoms with Crippen molar-refractivity contribution in [3.8, 4) is 0 Å². The third-order valence-electron chi connectivity index (χ3n) is 5.01. The van der Waals surface area contributed by atoms with Gasteiger partial charge in [0.15, 0.2) is 5.96 Å². The van der Waals surface area contributed by atoms with Crippen LogP contribution >= 0.6 is 0 Å². The molecule has 2 fully saturated rings. The van der Waals surface area contributed by atoms with Crippen LogP contribution in [-0.2, 0) is 11.3 Å². The molecule has 24 heavy (non-hydrogen) atoms. The first-order valence-electron chi connectivity index (χ1n) is 9.06. The van der Waals surface area contributed by atoms with Gasteiger partial charge in [-0.1, -0.05) is 6.07 Å². The Labute approximate surface area is 144 Å². The lowest BCUT2D eigenvalue weighted by Crippen LogP contribution is -2.47. The number of aliphatic imine (C=N–C) groups is 1. The van der Waals surface area contributed by atoms with Crippen LogP contribution in [0.3, 0.4) is 0 Å². The molecule has 0 aromatic carbocycles. The van der Waals surface area contributed by atoms with Gasteiger partial charge < -0.3 is 20.3 Å². The van der Waals surface area contributed by atoms with Crippen molar-refractivity contribution >= 4 is 11.8 Å². The fraction of sp³-hybridized carbons (Fsp3) is 0.667. The Bertz CT molecular complexity index is 555. The molecule has 6 nitrogen and oxygen atoms in total. The van der Waals surface area contributed by atoms with Crippen LogP contribution in [0.15, 0.2) is 23.3 Å². The fourth-order valence-corrected chi connectivity index (χ4v) is 3.60. The number of nitrogens with zero attached hydrogens (tertiary/aromatic N) is 3. The van der Waals surface area contributed by atoms with E-state index in [1.807, 2.05) is 13.2 Å². The molecule has 6 heteroatoms. The van der Waals surface area contributed by atoms with Gasteiger partial charge >= 0.3 is 0 Å². The summed E-state index contributed by atoms with van der Waals surface area (Å²) in [6, 6.07) is 4.60. The van der Waals surface area contributed by atoms with Crippen LogP contribution in [0, 0.1) is 0 Å². The van der Waals surface area contributed by atoms with Crippen molar-refractivity contribution in [2.75, 3.05) is 25.0 Å². The van der Waals surface area contributed by atoms with Crippen molar-refractivity contribution in [3.63, 3.8) is 0 Å². The van der Waals surface area contributed by atoms with Gasteiger partial charge in [0.25, 0.3) is 0 Å². The van der Waals surface area contributed by atoms with Crippen molar-refractivity contribution in [1.29, 1.82) is 0 Å². The normalized spacial score (nSPS) is 25.8. The molecule has 2 bridgehead atoms. The predicted octanol–water partition coefficient (Wildman–Crippen LogP) is 1.91. The number of ether oxygens (including phenoxy) is 1. The highest BCUT2D eigenvalue weighted by Gasteiger charge is 2.41. The van der Waals surface area contributed by atoms with E-state index in [9.17, 15) is 0 Å². The Balaban J connectivity index is 1.50. The largest absolute Gasteiger partial charge is 0.373 e. The van der Waals surface area contributed by atoms with Gasteiger partial charge in [0.2, 0.25) is 0 Å². The molecule has 2 aliphatic heterocycles. The maximum Gasteiger partial charge on any atom is 0.191 e. The van der Waals surface area contributed by atoms with Gasteiger partial charge in [-0.25, -0.2) is 4.98 Å². The molecular formula is C18H29N5O. The Hall–Kier alpha value is -1.82. The number of guanidine groups is 1. The van der Waals surface area contributed by atoms with E-state index in [1.54, 1.807) is 0 Å². The summed E-state index contributed by atoms with van der Waals surface area (Å²) in [5.74, 6) is 1.87. The van der Waals surface area contributed by atoms with Crippen LogP contribution in [0.2, 0.25) is 0 Å². The zero-order valence-corrected chi connectivity index (χ0v) is 15.0. The first-order valence-corrected chi connectivity index (χ1v) is 9.06. The number of rotatable bonds is 6. The molecule has 0 aliphatic carbocycles. The van der Waals surface area contributed by atoms with Gasteiger partial charge in [0.05, 0.1) is 18.2 Å². The summed E-state index contributed by atoms with van der Waals surface area (Å²) in [7, 11) is 1.81. The lowest BCUT2D eigenvalue weighted by Gasteiger charge is -2.23. The molecule has 1 aromatic heterocycles. The van der Waals surface area contributed by atoms with Gasteiger partial charge in [-0.05, 0) is 44.7 Å². The van der Waals surface area contributed by atoms with Crippen LogP contribution < -0.4 is 15.5 Å². The van der Waals surface area contributed by atoms with Crippen molar-refractivity contribution in [3.05, 3.63) is 23.9 Å². The first-order chi connectivity index (χ1) is 11.7. The van der Waals surface area contributed by atoms with Crippen LogP contribution in [0.25, 0.3) is 0 Å². The van der Waals surface area contributed by atoms with E-state index in [0.717, 1.165) is 43.3 Å². The summed E-state index contributed by atoms with van der Waals surface area (Å²) in [4.78, 5) is 11.1. The Morgan fingerprint density at radius 2 is 2.17 bits per heavy atom. The second kappa shape index (κ2) is 7.83. The molecule has 0 amide bonds. The van der Waals surface area contributed by atoms with Gasteiger partial charge in [-0.3, -0.25) is 4.99 Å². The molecule has 0 radical (unpaired) electrons. The summed E-state index contributed by atoms with van der Waals surface area (Å²) in [5.41, 5.74) is 1.15. The monoisotopic (exact) mass is 331 g/mol. The molecule has 2 N–H and O–H groups in total. The zero-order chi connectivity index (χ0) is 16.9. The minimum atomic E-state index is 0.351. The lowest BCUT2D eigenvalue weighted by molar-refractivity contribution is 0.0992. The summed E-state index contributed by atoms with van der Waals surface area (Å²) in [5, 5.41) is 6.88. The Morgan fingerprint density at radius 1 is 1.33 bits per heavy atom. The van der Waals surface area contributed by atoms with E-state index in [1.165, 1.54) is 6.42 Å². The van der Waals surface area contributed by atoms with Crippen LogP contribution in [0.5, 0.6) is 0 Å². The van der Waals surface area contributed by atoms with Crippen LogP contribution in [0.4, 0.5) is 5.82 Å². The number of anilines is 1. The van der Waals surface area contributed by atoms with E-state index in [2.05, 4.69) is 51.5 Å². The highest BCUT2D eigenvalue weighted by molar-refractivity contribution is 5.80. The summed E-state index contributed by atoms with van der Waals surface area (Å²) >= 11 is 0. The van der Waals surface area contributed by atoms with E-state index >= 15 is 0 Å². The van der Waals surface area contributed by atoms with Gasteiger partial charge in [-0.2, -0.15) is 0 Å². The standard InChI is InChI=1S/C18H29N5O/c1-4-23(5-2)17-9-6-13(11-20-17)12-21-18(19-3)22-15-10-14-7-8-16(15)24-14/h6,9,11,14-16H,4-5,7-8,10,12H2,1-3H3,(H2,19,21,22). The number of nitrogens with one attached hydrogen (secondary N) is 2. The number of pyridine rings is 1. The molecule has 1 aromatic rings. The van der Waals surface area contributed by atoms with Crippen LogP contribution in [0.1, 0.15) is 38.7 Å². The highest BCUT2D eigenvalue weighted by atomic mass is 16.5. The fourth-order valence-electron chi connectivity index (χ4n) is 3.60. The smallest absolute Gasteiger partial charge is 0.191 e. The van der Waals surface area contributed by atoms with Crippen molar-refractivity contribution in [2.24, 2.45) is 4.99 Å². The minimum Gasteiger partial charge on any atom is -0.373 e. The number of hydrogen-bond donors (Lipinski definition) is 2. The highest BCUT2D eigenvalue weighted by Crippen LogP contribution is 2.34. The lowest BCUT2D eigenvalue weighted by atomic mass is 9.96. The molecule has 132 valence electrons. The molecule has 0 spiro atoms. The Morgan fingerprint density at radius 3 is 2.71 bits per heavy atom. The van der Waals surface area contributed by atoms with Crippen molar-refractivity contribution in [2.45, 2.75) is 57.9 Å².